The highest BCUT2D eigenvalue weighted by atomic mass is 35.5. The van der Waals surface area contributed by atoms with Gasteiger partial charge < -0.3 is 37.8 Å². The Balaban J connectivity index is 0.00000507. The van der Waals surface area contributed by atoms with Crippen LogP contribution in [0.4, 0.5) is 5.13 Å². The van der Waals surface area contributed by atoms with E-state index in [2.05, 4.69) is 26.5 Å². The summed E-state index contributed by atoms with van der Waals surface area (Å²) in [5, 5.41) is 10.1. The Labute approximate surface area is 232 Å². The molecule has 3 heterocycles. The van der Waals surface area contributed by atoms with Crippen LogP contribution in [0.25, 0.3) is 0 Å². The first-order valence-corrected chi connectivity index (χ1v) is 13.0. The fourth-order valence-corrected chi connectivity index (χ4v) is 4.98. The largest absolute Gasteiger partial charge is 1.00 e. The van der Waals surface area contributed by atoms with Gasteiger partial charge in [-0.1, -0.05) is 19.0 Å². The summed E-state index contributed by atoms with van der Waals surface area (Å²) in [7, 11) is 1.25. The van der Waals surface area contributed by atoms with E-state index in [0.717, 1.165) is 11.3 Å². The Hall–Kier alpha value is -3.21. The lowest BCUT2D eigenvalue weighted by atomic mass is 10.0. The first kappa shape index (κ1) is 31.0. The van der Waals surface area contributed by atoms with Gasteiger partial charge >= 0.3 is 11.9 Å². The summed E-state index contributed by atoms with van der Waals surface area (Å²) < 4.78 is 9.81. The van der Waals surface area contributed by atoms with Crippen molar-refractivity contribution in [2.45, 2.75) is 38.2 Å². The van der Waals surface area contributed by atoms with Gasteiger partial charge in [-0.05, 0) is 13.0 Å². The van der Waals surface area contributed by atoms with E-state index in [1.165, 1.54) is 35.2 Å². The van der Waals surface area contributed by atoms with Crippen LogP contribution < -0.4 is 28.8 Å². The van der Waals surface area contributed by atoms with Crippen molar-refractivity contribution in [3.05, 3.63) is 22.8 Å². The van der Waals surface area contributed by atoms with E-state index in [9.17, 15) is 24.0 Å². The van der Waals surface area contributed by atoms with E-state index in [-0.39, 0.29) is 46.5 Å². The number of esters is 2. The van der Waals surface area contributed by atoms with Gasteiger partial charge in [-0.3, -0.25) is 29.4 Å². The summed E-state index contributed by atoms with van der Waals surface area (Å²) >= 11 is 2.42. The number of amides is 3. The third kappa shape index (κ3) is 7.00. The van der Waals surface area contributed by atoms with Crippen LogP contribution in [0.5, 0.6) is 0 Å². The van der Waals surface area contributed by atoms with Gasteiger partial charge in [0, 0.05) is 11.1 Å². The molecule has 0 spiro atoms. The zero-order valence-electron chi connectivity index (χ0n) is 20.9. The van der Waals surface area contributed by atoms with Gasteiger partial charge in [-0.2, -0.15) is 0 Å². The van der Waals surface area contributed by atoms with Crippen LogP contribution in [0.2, 0.25) is 0 Å². The molecule has 0 aliphatic carbocycles. The normalized spacial score (nSPS) is 19.2. The Bertz CT molecular complexity index is 1150. The number of aromatic nitrogens is 1. The number of hydrogen-bond acceptors (Lipinski definition) is 12. The van der Waals surface area contributed by atoms with Crippen molar-refractivity contribution < 1.29 is 56.4 Å². The molecule has 3 atom stereocenters. The highest BCUT2D eigenvalue weighted by Crippen LogP contribution is 2.37. The Morgan fingerprint density at radius 3 is 2.61 bits per heavy atom. The molecule has 2 aliphatic rings. The summed E-state index contributed by atoms with van der Waals surface area (Å²) in [4.78, 5) is 71.9. The van der Waals surface area contributed by atoms with Crippen molar-refractivity contribution in [2.24, 2.45) is 11.1 Å². The van der Waals surface area contributed by atoms with Crippen LogP contribution in [0.15, 0.2) is 22.3 Å². The highest BCUT2D eigenvalue weighted by molar-refractivity contribution is 8.00. The van der Waals surface area contributed by atoms with E-state index >= 15 is 0 Å². The summed E-state index contributed by atoms with van der Waals surface area (Å²) in [6, 6.07) is -1.45. The van der Waals surface area contributed by atoms with E-state index in [0.29, 0.717) is 5.75 Å². The van der Waals surface area contributed by atoms with Crippen molar-refractivity contribution in [3.8, 4) is 0 Å². The molecule has 1 fully saturated rings. The molecule has 38 heavy (non-hydrogen) atoms. The van der Waals surface area contributed by atoms with Crippen LogP contribution >= 0.6 is 23.1 Å². The number of fused-ring (bicyclic) bond motifs is 1. The number of thioether (sulfide) groups is 1. The lowest BCUT2D eigenvalue weighted by Crippen LogP contribution is -3.00. The zero-order chi connectivity index (χ0) is 27.3. The molecule has 3 rings (SSSR count). The third-order valence-electron chi connectivity index (χ3n) is 5.03. The van der Waals surface area contributed by atoms with E-state index in [1.807, 2.05) is 0 Å². The molecular formula is C21H27ClN6O8S2. The van der Waals surface area contributed by atoms with E-state index in [4.69, 9.17) is 14.3 Å². The predicted octanol–water partition coefficient (Wildman–Crippen LogP) is -3.95. The van der Waals surface area contributed by atoms with Crippen LogP contribution in [0.3, 0.4) is 0 Å². The van der Waals surface area contributed by atoms with Gasteiger partial charge in [0.1, 0.15) is 29.9 Å². The van der Waals surface area contributed by atoms with Crippen molar-refractivity contribution >= 4 is 63.6 Å². The minimum absolute atomic E-state index is 0. The number of anilines is 1. The lowest BCUT2D eigenvalue weighted by molar-refractivity contribution is -0.396. The first-order chi connectivity index (χ1) is 17.5. The quantitative estimate of drug-likeness (QED) is 0.0796. The number of halogens is 1. The number of oxime groups is 1. The van der Waals surface area contributed by atoms with Crippen molar-refractivity contribution in [1.82, 2.24) is 15.2 Å². The molecule has 14 nitrogen and oxygen atoms in total. The molecule has 0 bridgehead atoms. The smallest absolute Gasteiger partial charge is 0.357 e. The molecule has 208 valence electrons. The zero-order valence-corrected chi connectivity index (χ0v) is 23.3. The maximum atomic E-state index is 13.0. The number of carbonyl (C=O) groups excluding carboxylic acids is 5. The second-order valence-corrected chi connectivity index (χ2v) is 10.2. The summed E-state index contributed by atoms with van der Waals surface area (Å²) in [6.45, 7) is 4.33. The molecule has 5 N–H and O–H groups in total. The van der Waals surface area contributed by atoms with Gasteiger partial charge in [0.2, 0.25) is 6.79 Å². The number of quaternary nitrogens is 1. The molecule has 3 amide bonds. The molecule has 0 radical (unpaired) electrons. The number of nitrogens with one attached hydrogen (secondary N) is 2. The first-order valence-electron chi connectivity index (χ1n) is 11.1. The maximum absolute atomic E-state index is 13.0. The topological polar surface area (TPSA) is 193 Å². The molecule has 1 saturated heterocycles. The Kier molecular flexibility index (Phi) is 11.1. The predicted molar refractivity (Wildman–Crippen MR) is 132 cm³/mol. The summed E-state index contributed by atoms with van der Waals surface area (Å²) in [5.41, 5.74) is 3.58. The lowest BCUT2D eigenvalue weighted by Gasteiger charge is -2.48. The molecule has 17 heteroatoms. The fourth-order valence-electron chi connectivity index (χ4n) is 3.09. The highest BCUT2D eigenvalue weighted by Gasteiger charge is 2.53. The van der Waals surface area contributed by atoms with Crippen LogP contribution in [0, 0.1) is 5.92 Å². The standard InChI is InChI=1S/C21H26N6O8S2.ClH/c1-9(2)19(31)34-8-35-20(32)12-5-6-36-18-14(17(30)27(12)18)24-16(29)13(26-33-4)11-7-37-21(23-11)25-15(28)10(3)22;/h5,7,9-10,14,18H,6,8,22H2,1-4H3,(H,24,29)(H,23,25,28);1H/b26-13-;/t10-,14+,18+;/m0./s1. The van der Waals surface area contributed by atoms with Crippen molar-refractivity contribution in [1.29, 1.82) is 0 Å². The number of thiazole rings is 1. The van der Waals surface area contributed by atoms with E-state index in [1.54, 1.807) is 20.8 Å². The van der Waals surface area contributed by atoms with Gasteiger partial charge in [-0.15, -0.1) is 23.1 Å². The molecule has 1 aromatic heterocycles. The summed E-state index contributed by atoms with van der Waals surface area (Å²) in [5.74, 6) is -2.94. The van der Waals surface area contributed by atoms with Crippen LogP contribution in [0.1, 0.15) is 26.5 Å². The molecule has 0 saturated carbocycles. The third-order valence-corrected chi connectivity index (χ3v) is 6.97. The van der Waals surface area contributed by atoms with Gasteiger partial charge in [0.05, 0.1) is 5.92 Å². The number of hydrogen-bond donors (Lipinski definition) is 3. The van der Waals surface area contributed by atoms with Crippen LogP contribution in [-0.2, 0) is 38.3 Å². The maximum Gasteiger partial charge on any atom is 0.357 e. The second-order valence-electron chi connectivity index (χ2n) is 8.19. The minimum atomic E-state index is -0.945. The molecule has 0 aromatic carbocycles. The van der Waals surface area contributed by atoms with Crippen molar-refractivity contribution in [2.75, 3.05) is 25.0 Å². The summed E-state index contributed by atoms with van der Waals surface area (Å²) in [6.07, 6.45) is 1.53. The minimum Gasteiger partial charge on any atom is -1.00 e. The second kappa shape index (κ2) is 13.5. The Morgan fingerprint density at radius 1 is 1.26 bits per heavy atom. The molecule has 2 aliphatic heterocycles. The van der Waals surface area contributed by atoms with Gasteiger partial charge in [-0.25, -0.2) is 9.78 Å². The van der Waals surface area contributed by atoms with Gasteiger partial charge in [0.15, 0.2) is 16.9 Å². The average molecular weight is 591 g/mol. The number of carbonyl (C=O) groups is 5. The van der Waals surface area contributed by atoms with Crippen LogP contribution in [-0.4, -0.2) is 82.4 Å². The number of ether oxygens (including phenoxy) is 2. The fraction of sp³-hybridized carbons (Fsp3) is 0.476. The molecule has 1 aromatic rings. The number of rotatable bonds is 10. The monoisotopic (exact) mass is 590 g/mol. The van der Waals surface area contributed by atoms with Gasteiger partial charge in [0.25, 0.3) is 17.7 Å². The average Bonchev–Trinajstić information content (AvgIpc) is 3.32. The Morgan fingerprint density at radius 2 is 1.97 bits per heavy atom. The molecular weight excluding hydrogens is 564 g/mol. The van der Waals surface area contributed by atoms with Crippen molar-refractivity contribution in [3.63, 3.8) is 0 Å². The number of nitrogens with zero attached hydrogens (tertiary/aromatic N) is 3. The van der Waals surface area contributed by atoms with E-state index < -0.39 is 48.0 Å². The SMILES string of the molecule is CO/N=C(\C(=O)N[C@@H]1C(=O)N2C(C(=O)OCOC(=O)C(C)C)=CCS[C@H]12)c1csc(NC(=O)[C@H](C)[NH3+])n1.[Cl-]. The molecule has 0 unspecified atom stereocenters. The number of β-lactam (4-membered cyclic amide) rings is 1.